The van der Waals surface area contributed by atoms with Gasteiger partial charge in [0, 0.05) is 6.54 Å². The molecule has 1 unspecified atom stereocenters. The van der Waals surface area contributed by atoms with E-state index in [1.165, 1.54) is 0 Å². The number of nitrogens with zero attached hydrogens (tertiary/aromatic N) is 1. The van der Waals surface area contributed by atoms with Crippen LogP contribution in [0, 0.1) is 6.92 Å². The molecule has 4 heteroatoms. The number of hydrogen-bond acceptors (Lipinski definition) is 2. The number of benzene rings is 1. The Balaban J connectivity index is 2.27. The smallest absolute Gasteiger partial charge is 0.322 e. The van der Waals surface area contributed by atoms with Gasteiger partial charge >= 0.3 is 6.03 Å². The topological polar surface area (TPSA) is 41.6 Å². The number of ether oxygens (including phenoxy) is 1. The molecule has 1 aromatic rings. The molecule has 19 heavy (non-hydrogen) atoms. The van der Waals surface area contributed by atoms with E-state index in [9.17, 15) is 4.79 Å². The molecule has 0 aliphatic carbocycles. The molecule has 1 heterocycles. The summed E-state index contributed by atoms with van der Waals surface area (Å²) in [5.74, 6) is 0.801. The van der Waals surface area contributed by atoms with Crippen molar-refractivity contribution in [2.75, 3.05) is 18.0 Å². The molecule has 1 aliphatic heterocycles. The van der Waals surface area contributed by atoms with Crippen LogP contribution in [0.2, 0.25) is 0 Å². The van der Waals surface area contributed by atoms with Gasteiger partial charge < -0.3 is 10.1 Å². The highest BCUT2D eigenvalue weighted by Crippen LogP contribution is 2.34. The zero-order valence-corrected chi connectivity index (χ0v) is 11.9. The molecular formula is C15H22N2O2. The number of aryl methyl sites for hydroxylation is 1. The molecule has 0 radical (unpaired) electrons. The minimum atomic E-state index is -0.0320. The maximum Gasteiger partial charge on any atom is 0.322 e. The molecule has 0 saturated carbocycles. The van der Waals surface area contributed by atoms with Gasteiger partial charge in [0.15, 0.2) is 0 Å². The van der Waals surface area contributed by atoms with Gasteiger partial charge in [-0.25, -0.2) is 4.79 Å². The molecule has 104 valence electrons. The number of hydrogen-bond donors (Lipinski definition) is 1. The van der Waals surface area contributed by atoms with Crippen molar-refractivity contribution in [3.05, 3.63) is 23.8 Å². The molecule has 0 saturated heterocycles. The molecule has 4 nitrogen and oxygen atoms in total. The Labute approximate surface area is 114 Å². The van der Waals surface area contributed by atoms with Crippen LogP contribution in [0.25, 0.3) is 0 Å². The van der Waals surface area contributed by atoms with Crippen molar-refractivity contribution in [2.24, 2.45) is 0 Å². The summed E-state index contributed by atoms with van der Waals surface area (Å²) in [5.41, 5.74) is 2.00. The summed E-state index contributed by atoms with van der Waals surface area (Å²) in [6.45, 7) is 7.46. The highest BCUT2D eigenvalue weighted by atomic mass is 16.5. The number of urea groups is 1. The lowest BCUT2D eigenvalue weighted by Gasteiger charge is -2.34. The second kappa shape index (κ2) is 5.95. The fraction of sp³-hybridized carbons (Fsp3) is 0.533. The third-order valence-electron chi connectivity index (χ3n) is 3.31. The summed E-state index contributed by atoms with van der Waals surface area (Å²) >= 11 is 0. The standard InChI is InChI=1S/C15H22N2O2/c1-4-8-16-15(18)17-10-12(5-2)19-14-7-6-11(3)9-13(14)17/h6-7,9,12H,4-5,8,10H2,1-3H3,(H,16,18). The average Bonchev–Trinajstić information content (AvgIpc) is 2.43. The molecule has 1 aliphatic rings. The fourth-order valence-electron chi connectivity index (χ4n) is 2.19. The number of anilines is 1. The van der Waals surface area contributed by atoms with Crippen molar-refractivity contribution >= 4 is 11.7 Å². The normalized spacial score (nSPS) is 17.6. The maximum absolute atomic E-state index is 12.3. The van der Waals surface area contributed by atoms with E-state index in [2.05, 4.69) is 12.2 Å². The molecule has 1 atom stereocenters. The first kappa shape index (κ1) is 13.7. The van der Waals surface area contributed by atoms with E-state index in [1.807, 2.05) is 32.0 Å². The average molecular weight is 262 g/mol. The predicted octanol–water partition coefficient (Wildman–Crippen LogP) is 3.09. The van der Waals surface area contributed by atoms with Crippen LogP contribution in [0.5, 0.6) is 5.75 Å². The van der Waals surface area contributed by atoms with E-state index in [0.29, 0.717) is 13.1 Å². The number of nitrogens with one attached hydrogen (secondary N) is 1. The Morgan fingerprint density at radius 1 is 1.47 bits per heavy atom. The number of fused-ring (bicyclic) bond motifs is 1. The van der Waals surface area contributed by atoms with E-state index >= 15 is 0 Å². The lowest BCUT2D eigenvalue weighted by Crippen LogP contribution is -2.48. The maximum atomic E-state index is 12.3. The van der Waals surface area contributed by atoms with Crippen LogP contribution in [0.4, 0.5) is 10.5 Å². The first-order valence-electron chi connectivity index (χ1n) is 6.98. The summed E-state index contributed by atoms with van der Waals surface area (Å²) in [6, 6.07) is 5.94. The third-order valence-corrected chi connectivity index (χ3v) is 3.31. The lowest BCUT2D eigenvalue weighted by molar-refractivity contribution is 0.186. The quantitative estimate of drug-likeness (QED) is 0.909. The lowest BCUT2D eigenvalue weighted by atomic mass is 10.1. The summed E-state index contributed by atoms with van der Waals surface area (Å²) in [7, 11) is 0. The van der Waals surface area contributed by atoms with Crippen LogP contribution in [0.3, 0.4) is 0 Å². The minimum Gasteiger partial charge on any atom is -0.486 e. The number of rotatable bonds is 3. The molecule has 0 bridgehead atoms. The Bertz CT molecular complexity index is 459. The van der Waals surface area contributed by atoms with E-state index < -0.39 is 0 Å². The van der Waals surface area contributed by atoms with Gasteiger partial charge in [-0.1, -0.05) is 19.9 Å². The predicted molar refractivity (Wildman–Crippen MR) is 76.9 cm³/mol. The van der Waals surface area contributed by atoms with Crippen LogP contribution in [-0.2, 0) is 0 Å². The van der Waals surface area contributed by atoms with Crippen molar-refractivity contribution in [3.63, 3.8) is 0 Å². The van der Waals surface area contributed by atoms with Gasteiger partial charge in [-0.05, 0) is 37.5 Å². The van der Waals surface area contributed by atoms with Crippen molar-refractivity contribution in [3.8, 4) is 5.75 Å². The molecule has 1 N–H and O–H groups in total. The molecule has 1 aromatic carbocycles. The largest absolute Gasteiger partial charge is 0.486 e. The number of amides is 2. The second-order valence-corrected chi connectivity index (χ2v) is 4.96. The van der Waals surface area contributed by atoms with Crippen LogP contribution < -0.4 is 15.0 Å². The summed E-state index contributed by atoms with van der Waals surface area (Å²) in [4.78, 5) is 14.1. The van der Waals surface area contributed by atoms with Gasteiger partial charge in [0.05, 0.1) is 12.2 Å². The van der Waals surface area contributed by atoms with Gasteiger partial charge in [0.1, 0.15) is 11.9 Å². The van der Waals surface area contributed by atoms with Gasteiger partial charge in [0.2, 0.25) is 0 Å². The molecule has 2 rings (SSSR count). The van der Waals surface area contributed by atoms with Crippen molar-refractivity contribution in [1.82, 2.24) is 5.32 Å². The summed E-state index contributed by atoms with van der Waals surface area (Å²) in [5, 5.41) is 2.94. The SMILES string of the molecule is CCCNC(=O)N1CC(CC)Oc2ccc(C)cc21. The van der Waals surface area contributed by atoms with Gasteiger partial charge in [-0.15, -0.1) is 0 Å². The van der Waals surface area contributed by atoms with E-state index in [4.69, 9.17) is 4.74 Å². The Kier molecular flexibility index (Phi) is 4.30. The molecule has 0 spiro atoms. The van der Waals surface area contributed by atoms with Crippen LogP contribution in [0.15, 0.2) is 18.2 Å². The van der Waals surface area contributed by atoms with E-state index in [1.54, 1.807) is 4.90 Å². The van der Waals surface area contributed by atoms with Crippen LogP contribution in [0.1, 0.15) is 32.3 Å². The highest BCUT2D eigenvalue weighted by molar-refractivity contribution is 5.94. The van der Waals surface area contributed by atoms with Gasteiger partial charge in [-0.2, -0.15) is 0 Å². The van der Waals surface area contributed by atoms with Crippen molar-refractivity contribution in [2.45, 2.75) is 39.7 Å². The van der Waals surface area contributed by atoms with Crippen molar-refractivity contribution in [1.29, 1.82) is 0 Å². The molecule has 2 amide bonds. The van der Waals surface area contributed by atoms with Gasteiger partial charge in [0.25, 0.3) is 0 Å². The number of carbonyl (C=O) groups excluding carboxylic acids is 1. The first-order chi connectivity index (χ1) is 9.15. The summed E-state index contributed by atoms with van der Waals surface area (Å²) in [6.07, 6.45) is 1.90. The molecule has 0 aromatic heterocycles. The van der Waals surface area contributed by atoms with Crippen LogP contribution >= 0.6 is 0 Å². The Hall–Kier alpha value is -1.71. The second-order valence-electron chi connectivity index (χ2n) is 4.96. The third kappa shape index (κ3) is 3.00. The van der Waals surface area contributed by atoms with Gasteiger partial charge in [-0.3, -0.25) is 4.90 Å². The first-order valence-corrected chi connectivity index (χ1v) is 6.98. The minimum absolute atomic E-state index is 0.0320. The van der Waals surface area contributed by atoms with Crippen molar-refractivity contribution < 1.29 is 9.53 Å². The van der Waals surface area contributed by atoms with Crippen LogP contribution in [-0.4, -0.2) is 25.2 Å². The Morgan fingerprint density at radius 2 is 2.26 bits per heavy atom. The monoisotopic (exact) mass is 262 g/mol. The molecular weight excluding hydrogens is 240 g/mol. The van der Waals surface area contributed by atoms with E-state index in [0.717, 1.165) is 29.8 Å². The zero-order chi connectivity index (χ0) is 13.8. The Morgan fingerprint density at radius 3 is 2.95 bits per heavy atom. The number of carbonyl (C=O) groups is 1. The molecule has 0 fully saturated rings. The fourth-order valence-corrected chi connectivity index (χ4v) is 2.19. The zero-order valence-electron chi connectivity index (χ0n) is 11.9. The van der Waals surface area contributed by atoms with E-state index in [-0.39, 0.29) is 12.1 Å². The summed E-state index contributed by atoms with van der Waals surface area (Å²) < 4.78 is 5.90. The highest BCUT2D eigenvalue weighted by Gasteiger charge is 2.28.